The number of benzene rings is 1. The summed E-state index contributed by atoms with van der Waals surface area (Å²) in [4.78, 5) is 10.5. The number of carboxylic acid groups (broad SMARTS) is 1. The number of aryl methyl sites for hydroxylation is 4. The van der Waals surface area contributed by atoms with E-state index in [2.05, 4.69) is 43.5 Å². The molecule has 96 valence electrons. The molecule has 1 aromatic heterocycles. The van der Waals surface area contributed by atoms with E-state index < -0.39 is 5.97 Å². The second-order valence-corrected chi connectivity index (χ2v) is 4.93. The fourth-order valence-corrected chi connectivity index (χ4v) is 2.52. The molecule has 0 aliphatic rings. The molecule has 0 fully saturated rings. The minimum atomic E-state index is -0.975. The van der Waals surface area contributed by atoms with Gasteiger partial charge in [0.2, 0.25) is 0 Å². The van der Waals surface area contributed by atoms with E-state index in [0.29, 0.717) is 6.42 Å². The molecule has 0 radical (unpaired) electrons. The monoisotopic (exact) mass is 244 g/mol. The number of carboxylic acids is 1. The van der Waals surface area contributed by atoms with Gasteiger partial charge in [-0.1, -0.05) is 6.07 Å². The Bertz CT molecular complexity index is 596. The molecule has 0 spiro atoms. The number of hydrogen-bond donors (Lipinski definition) is 0. The van der Waals surface area contributed by atoms with Crippen LogP contribution in [-0.4, -0.2) is 10.5 Å². The summed E-state index contributed by atoms with van der Waals surface area (Å²) in [6, 6.07) is 6.50. The van der Waals surface area contributed by atoms with Gasteiger partial charge >= 0.3 is 0 Å². The highest BCUT2D eigenvalue weighted by Gasteiger charge is 2.08. The van der Waals surface area contributed by atoms with E-state index in [1.54, 1.807) is 0 Å². The van der Waals surface area contributed by atoms with Gasteiger partial charge in [-0.2, -0.15) is 0 Å². The van der Waals surface area contributed by atoms with E-state index in [0.717, 1.165) is 6.54 Å². The highest BCUT2D eigenvalue weighted by molar-refractivity contribution is 5.85. The molecule has 0 atom stereocenters. The molecule has 0 saturated carbocycles. The number of rotatable bonds is 4. The summed E-state index contributed by atoms with van der Waals surface area (Å²) in [5, 5.41) is 11.7. The average Bonchev–Trinajstić information content (AvgIpc) is 2.56. The van der Waals surface area contributed by atoms with Crippen molar-refractivity contribution >= 4 is 16.9 Å². The Balaban J connectivity index is 2.37. The normalized spacial score (nSPS) is 11.1. The lowest BCUT2D eigenvalue weighted by molar-refractivity contribution is -0.305. The molecule has 0 aliphatic carbocycles. The van der Waals surface area contributed by atoms with Gasteiger partial charge in [0.1, 0.15) is 0 Å². The lowest BCUT2D eigenvalue weighted by Gasteiger charge is -2.09. The van der Waals surface area contributed by atoms with Crippen LogP contribution in [0.1, 0.15) is 29.7 Å². The van der Waals surface area contributed by atoms with E-state index in [-0.39, 0.29) is 6.42 Å². The number of carbonyl (C=O) groups excluding carboxylic acids is 1. The molecule has 2 aromatic rings. The molecular formula is C15H18NO2-. The maximum absolute atomic E-state index is 10.5. The van der Waals surface area contributed by atoms with Crippen LogP contribution in [0.5, 0.6) is 0 Å². The molecule has 0 saturated heterocycles. The Kier molecular flexibility index (Phi) is 3.41. The third-order valence-electron chi connectivity index (χ3n) is 3.34. The third kappa shape index (κ3) is 2.40. The summed E-state index contributed by atoms with van der Waals surface area (Å²) in [6.07, 6.45) is 0.726. The van der Waals surface area contributed by atoms with Crippen molar-refractivity contribution in [2.24, 2.45) is 0 Å². The van der Waals surface area contributed by atoms with Crippen molar-refractivity contribution in [3.63, 3.8) is 0 Å². The molecule has 1 heterocycles. The van der Waals surface area contributed by atoms with Crippen molar-refractivity contribution in [3.8, 4) is 0 Å². The van der Waals surface area contributed by atoms with E-state index in [1.807, 2.05) is 0 Å². The first-order valence-corrected chi connectivity index (χ1v) is 6.26. The SMILES string of the molecule is Cc1cc(C)c2cc(C)n(CCCC(=O)[O-])c2c1. The molecular weight excluding hydrogens is 226 g/mol. The molecule has 0 unspecified atom stereocenters. The molecule has 1 aromatic carbocycles. The topological polar surface area (TPSA) is 45.1 Å². The predicted molar refractivity (Wildman–Crippen MR) is 70.4 cm³/mol. The standard InChI is InChI=1S/C15H19NO2/c1-10-7-11(2)13-9-12(3)16(14(13)8-10)6-4-5-15(17)18/h7-9H,4-6H2,1-3H3,(H,17,18)/p-1. The van der Waals surface area contributed by atoms with Gasteiger partial charge in [-0.15, -0.1) is 0 Å². The zero-order chi connectivity index (χ0) is 13.3. The van der Waals surface area contributed by atoms with Gasteiger partial charge < -0.3 is 14.5 Å². The van der Waals surface area contributed by atoms with E-state index in [4.69, 9.17) is 0 Å². The van der Waals surface area contributed by atoms with Crippen molar-refractivity contribution < 1.29 is 9.90 Å². The number of nitrogens with zero attached hydrogens (tertiary/aromatic N) is 1. The van der Waals surface area contributed by atoms with Crippen molar-refractivity contribution in [2.45, 2.75) is 40.2 Å². The minimum absolute atomic E-state index is 0.115. The van der Waals surface area contributed by atoms with Crippen molar-refractivity contribution in [1.29, 1.82) is 0 Å². The molecule has 0 aliphatic heterocycles. The van der Waals surface area contributed by atoms with Crippen LogP contribution in [0.4, 0.5) is 0 Å². The van der Waals surface area contributed by atoms with E-state index in [9.17, 15) is 9.90 Å². The number of hydrogen-bond acceptors (Lipinski definition) is 2. The summed E-state index contributed by atoms with van der Waals surface area (Å²) in [6.45, 7) is 6.99. The molecule has 3 nitrogen and oxygen atoms in total. The lowest BCUT2D eigenvalue weighted by atomic mass is 10.1. The quantitative estimate of drug-likeness (QED) is 0.826. The summed E-state index contributed by atoms with van der Waals surface area (Å²) < 4.78 is 2.19. The Hall–Kier alpha value is -1.77. The summed E-state index contributed by atoms with van der Waals surface area (Å²) in [5.74, 6) is -0.975. The minimum Gasteiger partial charge on any atom is -0.550 e. The fraction of sp³-hybridized carbons (Fsp3) is 0.400. The number of carbonyl (C=O) groups is 1. The van der Waals surface area contributed by atoms with Gasteiger partial charge in [0.05, 0.1) is 0 Å². The molecule has 3 heteroatoms. The van der Waals surface area contributed by atoms with Gasteiger partial charge in [-0.25, -0.2) is 0 Å². The first-order valence-electron chi connectivity index (χ1n) is 6.26. The van der Waals surface area contributed by atoms with E-state index >= 15 is 0 Å². The van der Waals surface area contributed by atoms with Crippen LogP contribution in [0.25, 0.3) is 10.9 Å². The van der Waals surface area contributed by atoms with Crippen molar-refractivity contribution in [3.05, 3.63) is 35.0 Å². The molecule has 0 amide bonds. The lowest BCUT2D eigenvalue weighted by Crippen LogP contribution is -2.22. The van der Waals surface area contributed by atoms with Crippen LogP contribution < -0.4 is 5.11 Å². The zero-order valence-corrected chi connectivity index (χ0v) is 11.1. The van der Waals surface area contributed by atoms with Crippen molar-refractivity contribution in [2.75, 3.05) is 0 Å². The van der Waals surface area contributed by atoms with E-state index in [1.165, 1.54) is 27.7 Å². The highest BCUT2D eigenvalue weighted by Crippen LogP contribution is 2.25. The Morgan fingerprint density at radius 1 is 1.22 bits per heavy atom. The second-order valence-electron chi connectivity index (χ2n) is 4.93. The summed E-state index contributed by atoms with van der Waals surface area (Å²) >= 11 is 0. The van der Waals surface area contributed by atoms with Crippen LogP contribution in [0.15, 0.2) is 18.2 Å². The van der Waals surface area contributed by atoms with Gasteiger partial charge in [-0.05, 0) is 56.9 Å². The number of aliphatic carboxylic acids is 1. The van der Waals surface area contributed by atoms with Crippen LogP contribution in [0, 0.1) is 20.8 Å². The van der Waals surface area contributed by atoms with Gasteiger partial charge in [-0.3, -0.25) is 0 Å². The summed E-state index contributed by atoms with van der Waals surface area (Å²) in [5.41, 5.74) is 4.88. The largest absolute Gasteiger partial charge is 0.550 e. The maximum Gasteiger partial charge on any atom is 0.0487 e. The fourth-order valence-electron chi connectivity index (χ4n) is 2.52. The highest BCUT2D eigenvalue weighted by atomic mass is 16.4. The van der Waals surface area contributed by atoms with Gasteiger partial charge in [0.15, 0.2) is 0 Å². The molecule has 2 rings (SSSR count). The maximum atomic E-state index is 10.5. The zero-order valence-electron chi connectivity index (χ0n) is 11.1. The first-order chi connectivity index (χ1) is 8.49. The average molecular weight is 244 g/mol. The molecule has 0 N–H and O–H groups in total. The smallest absolute Gasteiger partial charge is 0.0487 e. The van der Waals surface area contributed by atoms with Crippen molar-refractivity contribution in [1.82, 2.24) is 4.57 Å². The number of aromatic nitrogens is 1. The van der Waals surface area contributed by atoms with Gasteiger partial charge in [0.25, 0.3) is 0 Å². The van der Waals surface area contributed by atoms with Crippen LogP contribution in [-0.2, 0) is 11.3 Å². The summed E-state index contributed by atoms with van der Waals surface area (Å²) in [7, 11) is 0. The molecule has 18 heavy (non-hydrogen) atoms. The van der Waals surface area contributed by atoms with Crippen LogP contribution >= 0.6 is 0 Å². The van der Waals surface area contributed by atoms with Gasteiger partial charge in [0, 0.05) is 29.1 Å². The number of fused-ring (bicyclic) bond motifs is 1. The van der Waals surface area contributed by atoms with Crippen LogP contribution in [0.2, 0.25) is 0 Å². The second kappa shape index (κ2) is 4.84. The third-order valence-corrected chi connectivity index (χ3v) is 3.34. The Labute approximate surface area is 107 Å². The molecule has 0 bridgehead atoms. The Morgan fingerprint density at radius 2 is 1.94 bits per heavy atom. The predicted octanol–water partition coefficient (Wildman–Crippen LogP) is 2.10. The first kappa shape index (κ1) is 12.7. The Morgan fingerprint density at radius 3 is 2.61 bits per heavy atom. The van der Waals surface area contributed by atoms with Crippen LogP contribution in [0.3, 0.4) is 0 Å².